The molecule has 4 rings (SSSR count). The summed E-state index contributed by atoms with van der Waals surface area (Å²) in [5.41, 5.74) is 4.14. The van der Waals surface area contributed by atoms with Crippen molar-refractivity contribution in [3.63, 3.8) is 0 Å². The normalized spacial score (nSPS) is 14.6. The number of anilines is 1. The minimum atomic E-state index is -0.182. The van der Waals surface area contributed by atoms with Gasteiger partial charge in [-0.2, -0.15) is 0 Å². The van der Waals surface area contributed by atoms with Gasteiger partial charge in [-0.1, -0.05) is 11.6 Å². The van der Waals surface area contributed by atoms with Gasteiger partial charge in [0.15, 0.2) is 5.26 Å². The number of hydrogen-bond acceptors (Lipinski definition) is 8. The maximum atomic E-state index is 12.8. The van der Waals surface area contributed by atoms with Crippen LogP contribution in [0, 0.1) is 25.3 Å². The van der Waals surface area contributed by atoms with Gasteiger partial charge in [-0.3, -0.25) is 4.79 Å². The van der Waals surface area contributed by atoms with Crippen molar-refractivity contribution in [3.05, 3.63) is 76.5 Å². The van der Waals surface area contributed by atoms with Gasteiger partial charge >= 0.3 is 6.19 Å². The van der Waals surface area contributed by atoms with Crippen LogP contribution in [0.5, 0.6) is 5.88 Å². The summed E-state index contributed by atoms with van der Waals surface area (Å²) in [4.78, 5) is 26.4. The molecule has 1 fully saturated rings. The van der Waals surface area contributed by atoms with Gasteiger partial charge in [0.2, 0.25) is 5.88 Å². The van der Waals surface area contributed by atoms with E-state index in [0.29, 0.717) is 49.8 Å². The number of nitrogens with zero attached hydrogens (tertiary/aromatic N) is 6. The van der Waals surface area contributed by atoms with E-state index in [2.05, 4.69) is 38.2 Å². The number of piperidine rings is 1. The molecule has 1 aliphatic rings. The van der Waals surface area contributed by atoms with Crippen molar-refractivity contribution in [2.75, 3.05) is 44.9 Å². The molecule has 0 aromatic carbocycles. The molecule has 3 aromatic rings. The van der Waals surface area contributed by atoms with E-state index in [4.69, 9.17) is 21.1 Å². The van der Waals surface area contributed by atoms with Crippen molar-refractivity contribution >= 4 is 23.2 Å². The molecule has 0 aliphatic carbocycles. The molecule has 0 radical (unpaired) electrons. The number of likely N-dealkylation sites (tertiary alicyclic amines) is 1. The average Bonchev–Trinajstić information content (AvgIpc) is 3.00. The Morgan fingerprint density at radius 1 is 1.28 bits per heavy atom. The average molecular weight is 607 g/mol. The summed E-state index contributed by atoms with van der Waals surface area (Å²) in [6.45, 7) is 10.0. The molecule has 0 unspecified atom stereocenters. The number of nitrogens with one attached hydrogen (secondary N) is 1. The standard InChI is InChI=1S/C32H40ClN7O3/c1-23-18-24(2)37-31(33)30(23)32(41)35-12-9-25(3)39-14-10-27(11-15-39)40(21-26-6-5-13-38(20-26)22-34)28-7-8-29(36-19-28)43-17-16-42-4/h5-8,13,18-20,25,27H,9-12,14-17,21H2,1-4H3/p+1/t25-/m1/s1. The quantitative estimate of drug-likeness (QED) is 0.176. The summed E-state index contributed by atoms with van der Waals surface area (Å²) >= 11 is 6.26. The lowest BCUT2D eigenvalue weighted by atomic mass is 9.99. The minimum absolute atomic E-state index is 0.182. The molecule has 1 N–H and O–H groups in total. The SMILES string of the molecule is COCCOc1ccc(N(Cc2ccc[n+](C#N)c2)C2CCN([C@H](C)CCNC(=O)c3c(C)cc(C)nc3Cl)CC2)cn1. The molecule has 10 nitrogen and oxygen atoms in total. The Morgan fingerprint density at radius 3 is 2.74 bits per heavy atom. The monoisotopic (exact) mass is 606 g/mol. The van der Waals surface area contributed by atoms with E-state index in [-0.39, 0.29) is 11.1 Å². The summed E-state index contributed by atoms with van der Waals surface area (Å²) in [6, 6.07) is 10.4. The van der Waals surface area contributed by atoms with Gasteiger partial charge in [0, 0.05) is 62.7 Å². The topological polar surface area (TPSA) is 107 Å². The van der Waals surface area contributed by atoms with Crippen molar-refractivity contribution in [2.45, 2.75) is 58.7 Å². The van der Waals surface area contributed by atoms with Gasteiger partial charge in [0.25, 0.3) is 5.91 Å². The zero-order valence-corrected chi connectivity index (χ0v) is 26.2. The number of aromatic nitrogens is 3. The first kappa shape index (κ1) is 32.1. The van der Waals surface area contributed by atoms with E-state index in [0.717, 1.165) is 54.9 Å². The first-order chi connectivity index (χ1) is 20.8. The first-order valence-corrected chi connectivity index (χ1v) is 15.1. The second kappa shape index (κ2) is 15.6. The van der Waals surface area contributed by atoms with Crippen LogP contribution in [-0.4, -0.2) is 72.8 Å². The van der Waals surface area contributed by atoms with Crippen LogP contribution in [0.2, 0.25) is 5.15 Å². The second-order valence-electron chi connectivity index (χ2n) is 11.0. The van der Waals surface area contributed by atoms with Crippen molar-refractivity contribution in [2.24, 2.45) is 0 Å². The fraction of sp³-hybridized carbons (Fsp3) is 0.469. The maximum absolute atomic E-state index is 12.8. The fourth-order valence-corrected chi connectivity index (χ4v) is 5.90. The molecule has 4 heterocycles. The number of rotatable bonds is 13. The van der Waals surface area contributed by atoms with Crippen molar-refractivity contribution in [1.29, 1.82) is 5.26 Å². The molecule has 1 aliphatic heterocycles. The third-order valence-electron chi connectivity index (χ3n) is 7.86. The van der Waals surface area contributed by atoms with Gasteiger partial charge in [-0.05, 0) is 69.9 Å². The number of pyridine rings is 3. The lowest BCUT2D eigenvalue weighted by Gasteiger charge is -2.41. The van der Waals surface area contributed by atoms with Gasteiger partial charge in [0.1, 0.15) is 24.2 Å². The third kappa shape index (κ3) is 8.86. The number of hydrogen-bond donors (Lipinski definition) is 1. The zero-order valence-electron chi connectivity index (χ0n) is 25.4. The lowest BCUT2D eigenvalue weighted by molar-refractivity contribution is -0.586. The molecule has 0 bridgehead atoms. The number of methoxy groups -OCH3 is 1. The van der Waals surface area contributed by atoms with Gasteiger partial charge in [-0.15, -0.1) is 4.57 Å². The number of carbonyl (C=O) groups excluding carboxylic acids is 1. The molecule has 1 atom stereocenters. The summed E-state index contributed by atoms with van der Waals surface area (Å²) in [5, 5.41) is 12.7. The van der Waals surface area contributed by atoms with Crippen molar-refractivity contribution < 1.29 is 18.8 Å². The van der Waals surface area contributed by atoms with E-state index in [1.165, 1.54) is 4.57 Å². The molecular formula is C32H41ClN7O3+. The van der Waals surface area contributed by atoms with Crippen LogP contribution in [0.3, 0.4) is 0 Å². The second-order valence-corrected chi connectivity index (χ2v) is 11.3. The highest BCUT2D eigenvalue weighted by molar-refractivity contribution is 6.32. The molecule has 3 aromatic heterocycles. The predicted octanol–water partition coefficient (Wildman–Crippen LogP) is 4.07. The molecule has 0 saturated carbocycles. The Bertz CT molecular complexity index is 1380. The van der Waals surface area contributed by atoms with Crippen molar-refractivity contribution in [3.8, 4) is 12.1 Å². The molecule has 0 spiro atoms. The molecular weight excluding hydrogens is 566 g/mol. The van der Waals surface area contributed by atoms with Crippen molar-refractivity contribution in [1.82, 2.24) is 20.2 Å². The van der Waals surface area contributed by atoms with Gasteiger partial charge in [-0.25, -0.2) is 9.97 Å². The Hall–Kier alpha value is -3.78. The van der Waals surface area contributed by atoms with Crippen LogP contribution in [-0.2, 0) is 11.3 Å². The number of amides is 1. The largest absolute Gasteiger partial charge is 0.475 e. The molecule has 11 heteroatoms. The van der Waals surface area contributed by atoms with Crippen LogP contribution in [0.1, 0.15) is 53.4 Å². The van der Waals surface area contributed by atoms with Crippen LogP contribution in [0.4, 0.5) is 5.69 Å². The highest BCUT2D eigenvalue weighted by Crippen LogP contribution is 2.27. The molecule has 1 saturated heterocycles. The Balaban J connectivity index is 1.36. The Kier molecular flexibility index (Phi) is 11.7. The smallest absolute Gasteiger partial charge is 0.463 e. The summed E-state index contributed by atoms with van der Waals surface area (Å²) < 4.78 is 12.2. The fourth-order valence-electron chi connectivity index (χ4n) is 5.53. The Morgan fingerprint density at radius 2 is 2.07 bits per heavy atom. The maximum Gasteiger partial charge on any atom is 0.463 e. The lowest BCUT2D eigenvalue weighted by Crippen LogP contribution is -2.48. The van der Waals surface area contributed by atoms with Crippen LogP contribution >= 0.6 is 11.6 Å². The molecule has 228 valence electrons. The summed E-state index contributed by atoms with van der Waals surface area (Å²) in [6.07, 6.45) is 10.4. The van der Waals surface area contributed by atoms with E-state index in [1.807, 2.05) is 56.6 Å². The molecule has 43 heavy (non-hydrogen) atoms. The summed E-state index contributed by atoms with van der Waals surface area (Å²) in [5.74, 6) is 0.383. The molecule has 1 amide bonds. The van der Waals surface area contributed by atoms with Gasteiger partial charge in [0.05, 0.1) is 24.1 Å². The van der Waals surface area contributed by atoms with E-state index in [1.54, 1.807) is 13.3 Å². The van der Waals surface area contributed by atoms with Crippen LogP contribution in [0.15, 0.2) is 48.9 Å². The van der Waals surface area contributed by atoms with E-state index in [9.17, 15) is 10.1 Å². The first-order valence-electron chi connectivity index (χ1n) is 14.7. The highest BCUT2D eigenvalue weighted by atomic mass is 35.5. The van der Waals surface area contributed by atoms with E-state index >= 15 is 0 Å². The zero-order chi connectivity index (χ0) is 30.8. The van der Waals surface area contributed by atoms with Crippen LogP contribution in [0.25, 0.3) is 0 Å². The van der Waals surface area contributed by atoms with E-state index < -0.39 is 0 Å². The number of carbonyl (C=O) groups is 1. The van der Waals surface area contributed by atoms with Gasteiger partial charge < -0.3 is 24.6 Å². The number of nitriles is 1. The predicted molar refractivity (Wildman–Crippen MR) is 165 cm³/mol. The summed E-state index contributed by atoms with van der Waals surface area (Å²) in [7, 11) is 1.64. The van der Waals surface area contributed by atoms with Crippen LogP contribution < -0.4 is 19.5 Å². The minimum Gasteiger partial charge on any atom is -0.475 e. The number of halogens is 1. The number of ether oxygens (including phenoxy) is 2. The highest BCUT2D eigenvalue weighted by Gasteiger charge is 2.28. The number of aryl methyl sites for hydroxylation is 2. The Labute approximate surface area is 259 Å². The third-order valence-corrected chi connectivity index (χ3v) is 8.13.